The van der Waals surface area contributed by atoms with Crippen LogP contribution in [-0.2, 0) is 6.54 Å². The maximum Gasteiger partial charge on any atom is 0.319 e. The fraction of sp³-hybridized carbons (Fsp3) is 0.467. The topological polar surface area (TPSA) is 54.2 Å². The monoisotopic (exact) mass is 469 g/mol. The van der Waals surface area contributed by atoms with Crippen molar-refractivity contribution in [3.63, 3.8) is 0 Å². The first-order valence-corrected chi connectivity index (χ1v) is 8.35. The summed E-state index contributed by atoms with van der Waals surface area (Å²) in [5.41, 5.74) is 0. The number of aromatic nitrogens is 2. The van der Waals surface area contributed by atoms with E-state index in [1.807, 2.05) is 13.0 Å². The molecular formula is C15H22F2IN5S. The number of aliphatic imine (C=N–C) groups is 1. The molecule has 24 heavy (non-hydrogen) atoms. The van der Waals surface area contributed by atoms with E-state index in [1.165, 1.54) is 17.3 Å². The molecule has 0 bridgehead atoms. The van der Waals surface area contributed by atoms with Crippen LogP contribution < -0.4 is 10.6 Å². The van der Waals surface area contributed by atoms with Gasteiger partial charge in [0.05, 0.1) is 0 Å². The predicted octanol–water partition coefficient (Wildman–Crippen LogP) is 3.82. The summed E-state index contributed by atoms with van der Waals surface area (Å²) in [7, 11) is 0. The summed E-state index contributed by atoms with van der Waals surface area (Å²) in [6, 6.07) is 4.13. The lowest BCUT2D eigenvalue weighted by molar-refractivity contribution is 0.0671. The quantitative estimate of drug-likeness (QED) is 0.369. The first kappa shape index (κ1) is 20.8. The first-order valence-electron chi connectivity index (χ1n) is 7.47. The molecule has 2 N–H and O–H groups in total. The zero-order valence-corrected chi connectivity index (χ0v) is 16.7. The third-order valence-electron chi connectivity index (χ3n) is 3.29. The molecule has 0 aromatic carbocycles. The maximum atomic E-state index is 12.8. The molecule has 1 unspecified atom stereocenters. The van der Waals surface area contributed by atoms with Gasteiger partial charge in [-0.25, -0.2) is 9.98 Å². The Labute approximate surface area is 161 Å². The van der Waals surface area contributed by atoms with Crippen LogP contribution in [0.5, 0.6) is 0 Å². The van der Waals surface area contributed by atoms with Crippen LogP contribution in [0.1, 0.15) is 37.0 Å². The van der Waals surface area contributed by atoms with E-state index in [-0.39, 0.29) is 36.3 Å². The van der Waals surface area contributed by atoms with Crippen LogP contribution in [0.4, 0.5) is 8.78 Å². The van der Waals surface area contributed by atoms with Gasteiger partial charge >= 0.3 is 6.55 Å². The Morgan fingerprint density at radius 3 is 2.83 bits per heavy atom. The molecule has 0 saturated heterocycles. The van der Waals surface area contributed by atoms with E-state index in [1.54, 1.807) is 11.3 Å². The highest BCUT2D eigenvalue weighted by atomic mass is 127. The van der Waals surface area contributed by atoms with Crippen molar-refractivity contribution in [1.82, 2.24) is 20.2 Å². The van der Waals surface area contributed by atoms with Gasteiger partial charge < -0.3 is 10.6 Å². The van der Waals surface area contributed by atoms with Crippen molar-refractivity contribution in [1.29, 1.82) is 0 Å². The Kier molecular flexibility index (Phi) is 9.19. The van der Waals surface area contributed by atoms with E-state index >= 15 is 0 Å². The van der Waals surface area contributed by atoms with Gasteiger partial charge in [0.1, 0.15) is 12.4 Å². The molecule has 134 valence electrons. The number of nitrogens with one attached hydrogen (secondary N) is 2. The van der Waals surface area contributed by atoms with E-state index in [0.717, 1.165) is 11.1 Å². The van der Waals surface area contributed by atoms with E-state index in [9.17, 15) is 8.78 Å². The van der Waals surface area contributed by atoms with Gasteiger partial charge in [0.25, 0.3) is 0 Å². The zero-order valence-electron chi connectivity index (χ0n) is 13.6. The van der Waals surface area contributed by atoms with E-state index in [0.29, 0.717) is 18.4 Å². The Balaban J connectivity index is 0.00000288. The number of halogens is 3. The summed E-state index contributed by atoms with van der Waals surface area (Å²) in [4.78, 5) is 9.55. The first-order chi connectivity index (χ1) is 11.1. The molecule has 0 amide bonds. The summed E-state index contributed by atoms with van der Waals surface area (Å²) in [6.07, 6.45) is 2.62. The van der Waals surface area contributed by atoms with Gasteiger partial charge in [0, 0.05) is 36.3 Å². The lowest BCUT2D eigenvalue weighted by atomic mass is 10.1. The van der Waals surface area contributed by atoms with Gasteiger partial charge in [-0.1, -0.05) is 13.0 Å². The highest BCUT2D eigenvalue weighted by Crippen LogP contribution is 2.19. The second kappa shape index (κ2) is 10.6. The Morgan fingerprint density at radius 2 is 2.21 bits per heavy atom. The summed E-state index contributed by atoms with van der Waals surface area (Å²) in [5.74, 6) is 1.19. The summed E-state index contributed by atoms with van der Waals surface area (Å²) < 4.78 is 26.4. The standard InChI is InChI=1S/C15H21F2N5S.HI/c1-3-18-15(20-9-11(2)12-5-4-8-23-12)21-10-13-19-6-7-22(13)14(16)17;/h4-8,11,14H,3,9-10H2,1-2H3,(H2,18,20,21);1H. The van der Waals surface area contributed by atoms with Gasteiger partial charge in [0.2, 0.25) is 0 Å². The third-order valence-corrected chi connectivity index (χ3v) is 4.39. The van der Waals surface area contributed by atoms with Gasteiger partial charge in [-0.2, -0.15) is 8.78 Å². The second-order valence-electron chi connectivity index (χ2n) is 5.02. The van der Waals surface area contributed by atoms with E-state index < -0.39 is 6.55 Å². The van der Waals surface area contributed by atoms with Crippen LogP contribution in [0.2, 0.25) is 0 Å². The largest absolute Gasteiger partial charge is 0.357 e. The highest BCUT2D eigenvalue weighted by molar-refractivity contribution is 14.0. The van der Waals surface area contributed by atoms with Gasteiger partial charge in [0.15, 0.2) is 5.96 Å². The van der Waals surface area contributed by atoms with Crippen LogP contribution in [0, 0.1) is 0 Å². The summed E-state index contributed by atoms with van der Waals surface area (Å²) in [6.45, 7) is 3.00. The van der Waals surface area contributed by atoms with Crippen molar-refractivity contribution in [2.24, 2.45) is 4.99 Å². The fourth-order valence-electron chi connectivity index (χ4n) is 2.06. The summed E-state index contributed by atoms with van der Waals surface area (Å²) in [5, 5.41) is 8.40. The number of rotatable bonds is 7. The average Bonchev–Trinajstić information content (AvgIpc) is 3.20. The van der Waals surface area contributed by atoms with Crippen molar-refractivity contribution in [2.75, 3.05) is 13.1 Å². The molecule has 2 aromatic rings. The normalized spacial score (nSPS) is 12.8. The second-order valence-corrected chi connectivity index (χ2v) is 6.00. The lowest BCUT2D eigenvalue weighted by Gasteiger charge is -2.15. The smallest absolute Gasteiger partial charge is 0.319 e. The van der Waals surface area contributed by atoms with Crippen molar-refractivity contribution in [3.05, 3.63) is 40.6 Å². The SMILES string of the molecule is CCNC(=NCc1nccn1C(F)F)NCC(C)c1cccs1.I. The van der Waals surface area contributed by atoms with E-state index in [4.69, 9.17) is 0 Å². The van der Waals surface area contributed by atoms with Crippen molar-refractivity contribution < 1.29 is 8.78 Å². The number of hydrogen-bond acceptors (Lipinski definition) is 3. The average molecular weight is 469 g/mol. The molecule has 2 heterocycles. The van der Waals surface area contributed by atoms with Gasteiger partial charge in [-0.3, -0.25) is 4.57 Å². The fourth-order valence-corrected chi connectivity index (χ4v) is 2.84. The van der Waals surface area contributed by atoms with Gasteiger partial charge in [-0.15, -0.1) is 35.3 Å². The Morgan fingerprint density at radius 1 is 1.42 bits per heavy atom. The van der Waals surface area contributed by atoms with Gasteiger partial charge in [-0.05, 0) is 18.4 Å². The molecule has 0 fully saturated rings. The molecule has 0 aliphatic heterocycles. The Bertz CT molecular complexity index is 615. The van der Waals surface area contributed by atoms with Crippen molar-refractivity contribution >= 4 is 41.3 Å². The number of guanidine groups is 1. The minimum absolute atomic E-state index is 0. The molecule has 1 atom stereocenters. The molecule has 9 heteroatoms. The minimum atomic E-state index is -2.60. The van der Waals surface area contributed by atoms with Crippen molar-refractivity contribution in [3.8, 4) is 0 Å². The van der Waals surface area contributed by atoms with Crippen LogP contribution >= 0.6 is 35.3 Å². The van der Waals surface area contributed by atoms with Crippen LogP contribution in [0.15, 0.2) is 34.9 Å². The predicted molar refractivity (Wildman–Crippen MR) is 104 cm³/mol. The molecule has 0 aliphatic rings. The number of nitrogens with zero attached hydrogens (tertiary/aromatic N) is 3. The number of alkyl halides is 2. The molecule has 5 nitrogen and oxygen atoms in total. The Hall–Kier alpha value is -1.23. The van der Waals surface area contributed by atoms with Crippen LogP contribution in [-0.4, -0.2) is 28.6 Å². The van der Waals surface area contributed by atoms with Crippen LogP contribution in [0.3, 0.4) is 0 Å². The van der Waals surface area contributed by atoms with Crippen molar-refractivity contribution in [2.45, 2.75) is 32.9 Å². The number of imidazole rings is 1. The minimum Gasteiger partial charge on any atom is -0.357 e. The third kappa shape index (κ3) is 6.00. The molecule has 2 aromatic heterocycles. The molecule has 2 rings (SSSR count). The molecule has 0 aliphatic carbocycles. The summed E-state index contributed by atoms with van der Waals surface area (Å²) >= 11 is 1.72. The van der Waals surface area contributed by atoms with E-state index in [2.05, 4.69) is 39.0 Å². The van der Waals surface area contributed by atoms with Crippen LogP contribution in [0.25, 0.3) is 0 Å². The maximum absolute atomic E-state index is 12.8. The molecule has 0 saturated carbocycles. The molecular weight excluding hydrogens is 447 g/mol. The highest BCUT2D eigenvalue weighted by Gasteiger charge is 2.11. The number of thiophene rings is 1. The zero-order chi connectivity index (χ0) is 16.7. The molecule has 0 spiro atoms. The lowest BCUT2D eigenvalue weighted by Crippen LogP contribution is -2.39. The number of hydrogen-bond donors (Lipinski definition) is 2. The molecule has 0 radical (unpaired) electrons.